The van der Waals surface area contributed by atoms with E-state index in [1.54, 1.807) is 12.1 Å². The van der Waals surface area contributed by atoms with E-state index in [0.717, 1.165) is 13.1 Å². The van der Waals surface area contributed by atoms with Crippen LogP contribution in [0.4, 0.5) is 0 Å². The lowest BCUT2D eigenvalue weighted by atomic mass is 9.91. The van der Waals surface area contributed by atoms with E-state index in [2.05, 4.69) is 30.9 Å². The number of carboxylic acids is 1. The van der Waals surface area contributed by atoms with Gasteiger partial charge in [-0.05, 0) is 57.7 Å². The van der Waals surface area contributed by atoms with Crippen LogP contribution in [0.15, 0.2) is 24.3 Å². The van der Waals surface area contributed by atoms with Crippen molar-refractivity contribution in [3.05, 3.63) is 35.4 Å². The fourth-order valence-electron chi connectivity index (χ4n) is 3.04. The maximum atomic E-state index is 10.9. The number of carboxylic acid groups (broad SMARTS) is 1. The van der Waals surface area contributed by atoms with Gasteiger partial charge in [-0.2, -0.15) is 0 Å². The number of nitrogens with zero attached hydrogens (tertiary/aromatic N) is 2. The minimum atomic E-state index is -0.867. The number of carbonyl (C=O) groups is 1. The van der Waals surface area contributed by atoms with Crippen molar-refractivity contribution in [1.82, 2.24) is 9.80 Å². The van der Waals surface area contributed by atoms with Crippen molar-refractivity contribution in [1.29, 1.82) is 0 Å². The molecule has 1 aromatic carbocycles. The predicted octanol–water partition coefficient (Wildman–Crippen LogP) is 1.94. The molecule has 104 valence electrons. The van der Waals surface area contributed by atoms with Gasteiger partial charge >= 0.3 is 5.97 Å². The van der Waals surface area contributed by atoms with Crippen LogP contribution in [0, 0.1) is 5.92 Å². The van der Waals surface area contributed by atoms with E-state index in [9.17, 15) is 4.79 Å². The topological polar surface area (TPSA) is 43.8 Å². The first-order valence-electron chi connectivity index (χ1n) is 6.67. The molecule has 0 spiro atoms. The zero-order valence-electron chi connectivity index (χ0n) is 11.8. The highest BCUT2D eigenvalue weighted by atomic mass is 16.4. The summed E-state index contributed by atoms with van der Waals surface area (Å²) in [5.41, 5.74) is 1.56. The molecule has 19 heavy (non-hydrogen) atoms. The summed E-state index contributed by atoms with van der Waals surface area (Å²) in [7, 11) is 6.34. The molecule has 0 radical (unpaired) electrons. The number of aromatic carboxylic acids is 1. The summed E-state index contributed by atoms with van der Waals surface area (Å²) in [6.07, 6.45) is 1.19. The van der Waals surface area contributed by atoms with Crippen LogP contribution in [0.5, 0.6) is 0 Å². The second-order valence-corrected chi connectivity index (χ2v) is 5.65. The van der Waals surface area contributed by atoms with Crippen molar-refractivity contribution in [3.63, 3.8) is 0 Å². The lowest BCUT2D eigenvalue weighted by Crippen LogP contribution is -2.29. The molecule has 0 saturated carbocycles. The Morgan fingerprint density at radius 3 is 2.42 bits per heavy atom. The van der Waals surface area contributed by atoms with Gasteiger partial charge in [-0.3, -0.25) is 0 Å². The zero-order chi connectivity index (χ0) is 14.0. The van der Waals surface area contributed by atoms with Gasteiger partial charge in [-0.1, -0.05) is 12.1 Å². The number of hydrogen-bond acceptors (Lipinski definition) is 3. The molecule has 1 heterocycles. The summed E-state index contributed by atoms with van der Waals surface area (Å²) >= 11 is 0. The maximum Gasteiger partial charge on any atom is 0.335 e. The van der Waals surface area contributed by atoms with Crippen molar-refractivity contribution in [2.24, 2.45) is 5.92 Å². The molecule has 4 heteroatoms. The summed E-state index contributed by atoms with van der Waals surface area (Å²) in [5.74, 6) is -0.260. The molecule has 2 atom stereocenters. The van der Waals surface area contributed by atoms with Gasteiger partial charge in [-0.25, -0.2) is 4.79 Å². The second kappa shape index (κ2) is 5.72. The van der Waals surface area contributed by atoms with Gasteiger partial charge in [0.05, 0.1) is 5.56 Å². The molecule has 0 bridgehead atoms. The van der Waals surface area contributed by atoms with Crippen molar-refractivity contribution in [3.8, 4) is 0 Å². The Balaban J connectivity index is 2.21. The van der Waals surface area contributed by atoms with Crippen LogP contribution in [-0.4, -0.2) is 55.1 Å². The van der Waals surface area contributed by atoms with Gasteiger partial charge in [0.25, 0.3) is 0 Å². The molecular formula is C15H22N2O2. The van der Waals surface area contributed by atoms with Gasteiger partial charge in [0, 0.05) is 12.6 Å². The third-order valence-electron chi connectivity index (χ3n) is 3.93. The van der Waals surface area contributed by atoms with E-state index in [4.69, 9.17) is 5.11 Å². The summed E-state index contributed by atoms with van der Waals surface area (Å²) in [5, 5.41) is 8.95. The third kappa shape index (κ3) is 3.14. The van der Waals surface area contributed by atoms with Crippen LogP contribution in [0.2, 0.25) is 0 Å². The van der Waals surface area contributed by atoms with Crippen molar-refractivity contribution in [2.75, 3.05) is 34.2 Å². The number of rotatable bonds is 4. The molecule has 1 fully saturated rings. The Kier molecular flexibility index (Phi) is 4.22. The average molecular weight is 262 g/mol. The zero-order valence-corrected chi connectivity index (χ0v) is 11.8. The molecule has 0 aliphatic carbocycles. The molecule has 1 aromatic rings. The van der Waals surface area contributed by atoms with Gasteiger partial charge in [0.1, 0.15) is 0 Å². The monoisotopic (exact) mass is 262 g/mol. The van der Waals surface area contributed by atoms with Gasteiger partial charge in [0.15, 0.2) is 0 Å². The highest BCUT2D eigenvalue weighted by Crippen LogP contribution is 2.33. The number of benzene rings is 1. The third-order valence-corrected chi connectivity index (χ3v) is 3.93. The first-order valence-corrected chi connectivity index (χ1v) is 6.67. The van der Waals surface area contributed by atoms with E-state index >= 15 is 0 Å². The lowest BCUT2D eigenvalue weighted by Gasteiger charge is -2.30. The van der Waals surface area contributed by atoms with Crippen molar-refractivity contribution < 1.29 is 9.90 Å². The van der Waals surface area contributed by atoms with Crippen LogP contribution >= 0.6 is 0 Å². The summed E-state index contributed by atoms with van der Waals surface area (Å²) in [6.45, 7) is 2.24. The largest absolute Gasteiger partial charge is 0.478 e. The van der Waals surface area contributed by atoms with Gasteiger partial charge in [0.2, 0.25) is 0 Å². The standard InChI is InChI=1S/C15H22N2O2/c1-16(2)14(13-8-9-17(3)10-13)11-4-6-12(7-5-11)15(18)19/h4-7,13-14H,8-10H2,1-3H3,(H,18,19). The molecular weight excluding hydrogens is 240 g/mol. The molecule has 2 rings (SSSR count). The Morgan fingerprint density at radius 1 is 1.37 bits per heavy atom. The minimum Gasteiger partial charge on any atom is -0.478 e. The van der Waals surface area contributed by atoms with E-state index in [-0.39, 0.29) is 0 Å². The maximum absolute atomic E-state index is 10.9. The molecule has 0 amide bonds. The lowest BCUT2D eigenvalue weighted by molar-refractivity contribution is 0.0697. The summed E-state index contributed by atoms with van der Waals surface area (Å²) in [4.78, 5) is 15.5. The highest BCUT2D eigenvalue weighted by Gasteiger charge is 2.30. The first kappa shape index (κ1) is 14.0. The molecule has 1 N–H and O–H groups in total. The van der Waals surface area contributed by atoms with Crippen LogP contribution in [0.25, 0.3) is 0 Å². The van der Waals surface area contributed by atoms with Crippen molar-refractivity contribution in [2.45, 2.75) is 12.5 Å². The SMILES string of the molecule is CN1CCC(C(c2ccc(C(=O)O)cc2)N(C)C)C1. The molecule has 1 saturated heterocycles. The van der Waals surface area contributed by atoms with Gasteiger partial charge in [-0.15, -0.1) is 0 Å². The van der Waals surface area contributed by atoms with Crippen LogP contribution < -0.4 is 0 Å². The number of hydrogen-bond donors (Lipinski definition) is 1. The first-order chi connectivity index (χ1) is 8.99. The van der Waals surface area contributed by atoms with E-state index in [1.807, 2.05) is 12.1 Å². The van der Waals surface area contributed by atoms with Crippen LogP contribution in [0.3, 0.4) is 0 Å². The quantitative estimate of drug-likeness (QED) is 0.900. The highest BCUT2D eigenvalue weighted by molar-refractivity contribution is 5.87. The Morgan fingerprint density at radius 2 is 2.00 bits per heavy atom. The Bertz CT molecular complexity index is 442. The smallest absolute Gasteiger partial charge is 0.335 e. The molecule has 4 nitrogen and oxygen atoms in total. The van der Waals surface area contributed by atoms with E-state index in [1.165, 1.54) is 12.0 Å². The normalized spacial score (nSPS) is 21.8. The van der Waals surface area contributed by atoms with E-state index in [0.29, 0.717) is 17.5 Å². The molecule has 1 aliphatic heterocycles. The molecule has 2 unspecified atom stereocenters. The minimum absolute atomic E-state index is 0.352. The van der Waals surface area contributed by atoms with Crippen molar-refractivity contribution >= 4 is 5.97 Å². The predicted molar refractivity (Wildman–Crippen MR) is 75.4 cm³/mol. The van der Waals surface area contributed by atoms with Crippen LogP contribution in [0.1, 0.15) is 28.4 Å². The average Bonchev–Trinajstić information content (AvgIpc) is 2.76. The number of likely N-dealkylation sites (tertiary alicyclic amines) is 1. The second-order valence-electron chi connectivity index (χ2n) is 5.65. The fraction of sp³-hybridized carbons (Fsp3) is 0.533. The fourth-order valence-corrected chi connectivity index (χ4v) is 3.04. The summed E-state index contributed by atoms with van der Waals surface area (Å²) in [6, 6.07) is 7.66. The van der Waals surface area contributed by atoms with Gasteiger partial charge < -0.3 is 14.9 Å². The van der Waals surface area contributed by atoms with Crippen LogP contribution in [-0.2, 0) is 0 Å². The molecule has 0 aromatic heterocycles. The van der Waals surface area contributed by atoms with E-state index < -0.39 is 5.97 Å². The Labute approximate surface area is 114 Å². The molecule has 1 aliphatic rings. The Hall–Kier alpha value is -1.39. The summed E-state index contributed by atoms with van der Waals surface area (Å²) < 4.78 is 0.